The van der Waals surface area contributed by atoms with Crippen molar-refractivity contribution in [3.63, 3.8) is 0 Å². The van der Waals surface area contributed by atoms with Crippen molar-refractivity contribution in [1.82, 2.24) is 9.80 Å². The van der Waals surface area contributed by atoms with E-state index in [1.54, 1.807) is 11.9 Å². The van der Waals surface area contributed by atoms with Crippen LogP contribution in [0.5, 0.6) is 0 Å². The smallest absolute Gasteiger partial charge is 0.414 e. The molecule has 8 rings (SSSR count). The molecule has 2 aromatic carbocycles. The highest BCUT2D eigenvalue weighted by Gasteiger charge is 2.47. The van der Waals surface area contributed by atoms with E-state index in [0.29, 0.717) is 0 Å². The second-order valence-corrected chi connectivity index (χ2v) is 14.9. The highest BCUT2D eigenvalue weighted by atomic mass is 35.5. The lowest BCUT2D eigenvalue weighted by molar-refractivity contribution is -0.0501. The topological polar surface area (TPSA) is 74.4 Å². The molecule has 0 radical (unpaired) electrons. The van der Waals surface area contributed by atoms with Gasteiger partial charge in [0.25, 0.3) is 0 Å². The van der Waals surface area contributed by atoms with Gasteiger partial charge in [-0.1, -0.05) is 87.8 Å². The fourth-order valence-corrected chi connectivity index (χ4v) is 9.39. The Labute approximate surface area is 305 Å². The Kier molecular flexibility index (Phi) is 12.8. The number of likely N-dealkylation sites (tertiary alicyclic amines) is 2. The third kappa shape index (κ3) is 8.03. The third-order valence-electron chi connectivity index (χ3n) is 12.1. The van der Waals surface area contributed by atoms with Crippen LogP contribution in [0, 0.1) is 0 Å². The summed E-state index contributed by atoms with van der Waals surface area (Å²) in [5, 5.41) is 2.84. The molecule has 2 saturated carbocycles. The monoisotopic (exact) mass is 714 g/mol. The number of halogens is 2. The van der Waals surface area contributed by atoms with E-state index >= 15 is 0 Å². The first-order chi connectivity index (χ1) is 23.0. The van der Waals surface area contributed by atoms with Gasteiger partial charge < -0.3 is 19.3 Å². The summed E-state index contributed by atoms with van der Waals surface area (Å²) in [6, 6.07) is 17.8. The number of nitrogens with one attached hydrogen (secondary N) is 1. The number of para-hydroxylation sites is 2. The Balaban J connectivity index is 0.000000184. The van der Waals surface area contributed by atoms with Crippen LogP contribution in [0.15, 0.2) is 48.5 Å². The zero-order chi connectivity index (χ0) is 32.3. The molecule has 4 heterocycles. The number of rotatable bonds is 2. The van der Waals surface area contributed by atoms with Crippen LogP contribution in [0.3, 0.4) is 0 Å². The van der Waals surface area contributed by atoms with E-state index in [-0.39, 0.29) is 37.0 Å². The van der Waals surface area contributed by atoms with Crippen molar-refractivity contribution in [1.29, 1.82) is 0 Å². The molecule has 2 aromatic rings. The largest absolute Gasteiger partial charge is 0.438 e. The van der Waals surface area contributed by atoms with Crippen molar-refractivity contribution in [3.05, 3.63) is 59.7 Å². The average molecular weight is 716 g/mol. The number of carbonyl (C=O) groups is 2. The number of nitrogens with zero attached hydrogens (tertiary/aromatic N) is 3. The summed E-state index contributed by atoms with van der Waals surface area (Å²) in [6.07, 6.45) is 19.6. The van der Waals surface area contributed by atoms with Crippen molar-refractivity contribution in [2.75, 3.05) is 43.4 Å². The Bertz CT molecular complexity index is 1390. The molecular weight excluding hydrogens is 659 g/mol. The van der Waals surface area contributed by atoms with E-state index in [1.165, 1.54) is 82.6 Å². The van der Waals surface area contributed by atoms with Gasteiger partial charge >= 0.3 is 12.2 Å². The minimum absolute atomic E-state index is 0. The van der Waals surface area contributed by atoms with Crippen LogP contribution in [-0.2, 0) is 20.7 Å². The number of benzene rings is 2. The number of ether oxygens (including phenoxy) is 2. The number of anilines is 2. The van der Waals surface area contributed by atoms with Gasteiger partial charge in [-0.25, -0.2) is 9.59 Å². The van der Waals surface area contributed by atoms with Crippen LogP contribution in [0.25, 0.3) is 0 Å². The fourth-order valence-electron chi connectivity index (χ4n) is 9.39. The summed E-state index contributed by atoms with van der Waals surface area (Å²) in [4.78, 5) is 31.3. The summed E-state index contributed by atoms with van der Waals surface area (Å²) >= 11 is 0. The summed E-state index contributed by atoms with van der Waals surface area (Å²) in [7, 11) is 1.80. The predicted octanol–water partition coefficient (Wildman–Crippen LogP) is 9.39. The second-order valence-electron chi connectivity index (χ2n) is 14.9. The van der Waals surface area contributed by atoms with Gasteiger partial charge in [-0.05, 0) is 37.8 Å². The van der Waals surface area contributed by atoms with Gasteiger partial charge in [0, 0.05) is 82.1 Å². The van der Waals surface area contributed by atoms with Crippen molar-refractivity contribution in [2.24, 2.45) is 0 Å². The van der Waals surface area contributed by atoms with E-state index in [0.717, 1.165) is 80.9 Å². The number of piperidine rings is 2. The Hall–Kier alpha value is -2.52. The lowest BCUT2D eigenvalue weighted by atomic mass is 9.81. The predicted molar refractivity (Wildman–Crippen MR) is 200 cm³/mol. The molecule has 0 atom stereocenters. The molecule has 6 aliphatic rings. The van der Waals surface area contributed by atoms with Crippen LogP contribution in [0.4, 0.5) is 21.0 Å². The van der Waals surface area contributed by atoms with E-state index in [9.17, 15) is 9.59 Å². The molecule has 270 valence electrons. The van der Waals surface area contributed by atoms with Crippen LogP contribution < -0.4 is 10.2 Å². The van der Waals surface area contributed by atoms with Gasteiger partial charge in [-0.15, -0.1) is 24.8 Å². The lowest BCUT2D eigenvalue weighted by Crippen LogP contribution is -2.52. The molecule has 4 fully saturated rings. The molecule has 4 aliphatic heterocycles. The SMILES string of the molecule is CN1C(=O)OC2(CCN(C3CCCCCC3)CC2)c2ccccc21.Cl.Cl.O=C1Nc2ccccc2C2(CCN(C3CCCCCC3)CC2)O1. The van der Waals surface area contributed by atoms with Gasteiger partial charge in [-0.3, -0.25) is 10.2 Å². The molecule has 2 saturated heterocycles. The summed E-state index contributed by atoms with van der Waals surface area (Å²) < 4.78 is 11.8. The Morgan fingerprint density at radius 1 is 0.612 bits per heavy atom. The number of hydrogen-bond donors (Lipinski definition) is 1. The van der Waals surface area contributed by atoms with Crippen molar-refractivity contribution in [3.8, 4) is 0 Å². The number of hydrogen-bond acceptors (Lipinski definition) is 6. The van der Waals surface area contributed by atoms with Gasteiger partial charge in [-0.2, -0.15) is 0 Å². The molecule has 8 nitrogen and oxygen atoms in total. The molecule has 10 heteroatoms. The zero-order valence-corrected chi connectivity index (χ0v) is 30.8. The maximum Gasteiger partial charge on any atom is 0.414 e. The molecule has 2 spiro atoms. The van der Waals surface area contributed by atoms with Gasteiger partial charge in [0.1, 0.15) is 11.2 Å². The Morgan fingerprint density at radius 3 is 1.59 bits per heavy atom. The van der Waals surface area contributed by atoms with Gasteiger partial charge in [0.15, 0.2) is 0 Å². The van der Waals surface area contributed by atoms with E-state index in [4.69, 9.17) is 9.47 Å². The number of fused-ring (bicyclic) bond motifs is 4. The first-order valence-corrected chi connectivity index (χ1v) is 18.6. The first kappa shape index (κ1) is 37.7. The van der Waals surface area contributed by atoms with E-state index in [1.807, 2.05) is 30.3 Å². The van der Waals surface area contributed by atoms with Crippen molar-refractivity contribution < 1.29 is 19.1 Å². The molecular formula is C39H56Cl2N4O4. The molecule has 2 amide bonds. The summed E-state index contributed by atoms with van der Waals surface area (Å²) in [5.41, 5.74) is 3.44. The zero-order valence-electron chi connectivity index (χ0n) is 29.2. The minimum atomic E-state index is -0.417. The van der Waals surface area contributed by atoms with E-state index < -0.39 is 11.2 Å². The minimum Gasteiger partial charge on any atom is -0.438 e. The van der Waals surface area contributed by atoms with Crippen LogP contribution in [0.1, 0.15) is 114 Å². The van der Waals surface area contributed by atoms with E-state index in [2.05, 4.69) is 33.3 Å². The maximum atomic E-state index is 12.3. The van der Waals surface area contributed by atoms with Crippen LogP contribution >= 0.6 is 24.8 Å². The quantitative estimate of drug-likeness (QED) is 0.313. The van der Waals surface area contributed by atoms with Gasteiger partial charge in [0.05, 0.1) is 11.4 Å². The summed E-state index contributed by atoms with van der Waals surface area (Å²) in [5.74, 6) is 0. The Morgan fingerprint density at radius 2 is 1.06 bits per heavy atom. The molecule has 0 unspecified atom stereocenters. The van der Waals surface area contributed by atoms with Gasteiger partial charge in [0.2, 0.25) is 0 Å². The molecule has 1 N–H and O–H groups in total. The van der Waals surface area contributed by atoms with Crippen molar-refractivity contribution in [2.45, 2.75) is 126 Å². The molecule has 0 bridgehead atoms. The standard InChI is InChI=1S/C20H28N2O2.C19H26N2O2.2ClH/c1-21-18-11-7-6-10-17(18)20(24-19(21)23)12-14-22(15-13-20)16-8-4-2-3-5-9-16;22-18-20-17-10-6-5-9-16(17)19(23-18)11-13-21(14-12-19)15-7-3-1-2-4-8-15;;/h6-7,10-11,16H,2-5,8-9,12-15H2,1H3;5-6,9-10,15H,1-4,7-8,11-14H2,(H,20,22);2*1H. The second kappa shape index (κ2) is 16.7. The van der Waals surface area contributed by atoms with Crippen LogP contribution in [0.2, 0.25) is 0 Å². The highest BCUT2D eigenvalue weighted by molar-refractivity contribution is 5.91. The maximum absolute atomic E-state index is 12.3. The first-order valence-electron chi connectivity index (χ1n) is 18.6. The average Bonchev–Trinajstić information content (AvgIpc) is 3.55. The number of carbonyl (C=O) groups excluding carboxylic acids is 2. The number of amides is 2. The molecule has 2 aliphatic carbocycles. The molecule has 49 heavy (non-hydrogen) atoms. The lowest BCUT2D eigenvalue weighted by Gasteiger charge is -2.47. The third-order valence-corrected chi connectivity index (χ3v) is 12.1. The van der Waals surface area contributed by atoms with Crippen LogP contribution in [-0.4, -0.2) is 67.3 Å². The molecule has 0 aromatic heterocycles. The fraction of sp³-hybridized carbons (Fsp3) is 0.641. The summed E-state index contributed by atoms with van der Waals surface area (Å²) in [6.45, 7) is 4.14. The normalized spacial score (nSPS) is 24.2. The highest BCUT2D eigenvalue weighted by Crippen LogP contribution is 2.46. The van der Waals surface area contributed by atoms with Crippen molar-refractivity contribution >= 4 is 48.4 Å².